The van der Waals surface area contributed by atoms with Gasteiger partial charge in [-0.1, -0.05) is 54.6 Å². The molecule has 3 rings (SSSR count). The van der Waals surface area contributed by atoms with E-state index >= 15 is 0 Å². The largest absolute Gasteiger partial charge is 0.490 e. The number of halogens is 2. The Morgan fingerprint density at radius 1 is 0.963 bits per heavy atom. The number of hydrogen-bond donors (Lipinski definition) is 1. The van der Waals surface area contributed by atoms with Crippen molar-refractivity contribution in [1.29, 1.82) is 0 Å². The Bertz CT molecular complexity index is 725. The van der Waals surface area contributed by atoms with Crippen molar-refractivity contribution in [3.63, 3.8) is 0 Å². The van der Waals surface area contributed by atoms with Gasteiger partial charge in [0, 0.05) is 28.2 Å². The molecule has 1 aliphatic carbocycles. The molecule has 0 aromatic heterocycles. The summed E-state index contributed by atoms with van der Waals surface area (Å²) in [5, 5.41) is 4.88. The van der Waals surface area contributed by atoms with E-state index in [0.717, 1.165) is 17.9 Å². The standard InChI is InChI=1S/C22H27Cl2NO2/c1-2-26-22-13-16(14-25-17-7-4-3-5-8-17)11-12-21(22)27-15-18-19(23)9-6-10-20(18)24/h6,9-13,17,25H,2-5,7-8,14-15H2,1H3. The molecule has 0 spiro atoms. The van der Waals surface area contributed by atoms with E-state index in [1.165, 1.54) is 37.7 Å². The lowest BCUT2D eigenvalue weighted by Crippen LogP contribution is -2.30. The summed E-state index contributed by atoms with van der Waals surface area (Å²) in [6.07, 6.45) is 6.59. The summed E-state index contributed by atoms with van der Waals surface area (Å²) in [4.78, 5) is 0. The minimum absolute atomic E-state index is 0.304. The molecule has 1 N–H and O–H groups in total. The first-order valence-electron chi connectivity index (χ1n) is 9.72. The Morgan fingerprint density at radius 3 is 2.41 bits per heavy atom. The molecule has 0 amide bonds. The van der Waals surface area contributed by atoms with Crippen LogP contribution in [0.4, 0.5) is 0 Å². The van der Waals surface area contributed by atoms with Crippen LogP contribution in [-0.2, 0) is 13.2 Å². The maximum absolute atomic E-state index is 6.23. The van der Waals surface area contributed by atoms with Gasteiger partial charge < -0.3 is 14.8 Å². The van der Waals surface area contributed by atoms with E-state index < -0.39 is 0 Å². The lowest BCUT2D eigenvalue weighted by molar-refractivity contribution is 0.269. The maximum Gasteiger partial charge on any atom is 0.161 e. The summed E-state index contributed by atoms with van der Waals surface area (Å²) in [6.45, 7) is 3.71. The monoisotopic (exact) mass is 407 g/mol. The fourth-order valence-corrected chi connectivity index (χ4v) is 3.95. The minimum atomic E-state index is 0.304. The van der Waals surface area contributed by atoms with Gasteiger partial charge in [-0.05, 0) is 49.6 Å². The van der Waals surface area contributed by atoms with Crippen molar-refractivity contribution >= 4 is 23.2 Å². The summed E-state index contributed by atoms with van der Waals surface area (Å²) < 4.78 is 11.8. The highest BCUT2D eigenvalue weighted by molar-refractivity contribution is 6.35. The van der Waals surface area contributed by atoms with Gasteiger partial charge in [0.15, 0.2) is 11.5 Å². The van der Waals surface area contributed by atoms with Crippen LogP contribution in [0.2, 0.25) is 10.0 Å². The predicted molar refractivity (Wildman–Crippen MR) is 112 cm³/mol. The first-order chi connectivity index (χ1) is 13.2. The number of benzene rings is 2. The van der Waals surface area contributed by atoms with Crippen molar-refractivity contribution in [3.05, 3.63) is 57.6 Å². The molecular formula is C22H27Cl2NO2. The first kappa shape index (κ1) is 20.3. The second-order valence-electron chi connectivity index (χ2n) is 6.92. The van der Waals surface area contributed by atoms with Crippen LogP contribution < -0.4 is 14.8 Å². The third kappa shape index (κ3) is 5.78. The summed E-state index contributed by atoms with van der Waals surface area (Å²) in [5.41, 5.74) is 1.98. The highest BCUT2D eigenvalue weighted by Gasteiger charge is 2.14. The molecule has 0 radical (unpaired) electrons. The third-order valence-electron chi connectivity index (χ3n) is 4.94. The Balaban J connectivity index is 1.65. The Kier molecular flexibility index (Phi) is 7.69. The molecule has 0 atom stereocenters. The fraction of sp³-hybridized carbons (Fsp3) is 0.455. The van der Waals surface area contributed by atoms with Crippen LogP contribution in [0.25, 0.3) is 0 Å². The molecule has 0 saturated heterocycles. The van der Waals surface area contributed by atoms with Gasteiger partial charge in [-0.3, -0.25) is 0 Å². The van der Waals surface area contributed by atoms with Gasteiger partial charge in [-0.15, -0.1) is 0 Å². The molecule has 0 aliphatic heterocycles. The molecular weight excluding hydrogens is 381 g/mol. The van der Waals surface area contributed by atoms with Gasteiger partial charge in [-0.2, -0.15) is 0 Å². The summed E-state index contributed by atoms with van der Waals surface area (Å²) in [7, 11) is 0. The van der Waals surface area contributed by atoms with Crippen molar-refractivity contribution in [2.24, 2.45) is 0 Å². The Morgan fingerprint density at radius 2 is 1.70 bits per heavy atom. The Labute approximate surface area is 172 Å². The Hall–Kier alpha value is -1.42. The van der Waals surface area contributed by atoms with Crippen LogP contribution in [0.15, 0.2) is 36.4 Å². The van der Waals surface area contributed by atoms with Gasteiger partial charge in [0.2, 0.25) is 0 Å². The van der Waals surface area contributed by atoms with E-state index in [4.69, 9.17) is 32.7 Å². The van der Waals surface area contributed by atoms with E-state index in [2.05, 4.69) is 17.4 Å². The van der Waals surface area contributed by atoms with Crippen molar-refractivity contribution < 1.29 is 9.47 Å². The van der Waals surface area contributed by atoms with E-state index in [1.807, 2.05) is 31.2 Å². The van der Waals surface area contributed by atoms with Crippen molar-refractivity contribution in [2.45, 2.75) is 58.2 Å². The van der Waals surface area contributed by atoms with Crippen LogP contribution in [0, 0.1) is 0 Å². The molecule has 0 heterocycles. The van der Waals surface area contributed by atoms with Crippen LogP contribution in [0.3, 0.4) is 0 Å². The van der Waals surface area contributed by atoms with Crippen molar-refractivity contribution in [2.75, 3.05) is 6.61 Å². The highest BCUT2D eigenvalue weighted by atomic mass is 35.5. The molecule has 1 fully saturated rings. The average molecular weight is 408 g/mol. The molecule has 27 heavy (non-hydrogen) atoms. The van der Waals surface area contributed by atoms with Gasteiger partial charge in [0.25, 0.3) is 0 Å². The second-order valence-corrected chi connectivity index (χ2v) is 7.73. The highest BCUT2D eigenvalue weighted by Crippen LogP contribution is 2.32. The summed E-state index contributed by atoms with van der Waals surface area (Å²) in [6, 6.07) is 12.2. The quantitative estimate of drug-likeness (QED) is 0.549. The van der Waals surface area contributed by atoms with Crippen LogP contribution in [0.5, 0.6) is 11.5 Å². The van der Waals surface area contributed by atoms with Crippen molar-refractivity contribution in [3.8, 4) is 11.5 Å². The van der Waals surface area contributed by atoms with Gasteiger partial charge in [-0.25, -0.2) is 0 Å². The van der Waals surface area contributed by atoms with E-state index in [1.54, 1.807) is 0 Å². The van der Waals surface area contributed by atoms with Crippen LogP contribution in [0.1, 0.15) is 50.2 Å². The summed E-state index contributed by atoms with van der Waals surface area (Å²) in [5.74, 6) is 1.46. The van der Waals surface area contributed by atoms with E-state index in [9.17, 15) is 0 Å². The number of nitrogens with one attached hydrogen (secondary N) is 1. The third-order valence-corrected chi connectivity index (χ3v) is 5.65. The number of rotatable bonds is 8. The zero-order chi connectivity index (χ0) is 19.1. The zero-order valence-electron chi connectivity index (χ0n) is 15.8. The number of ether oxygens (including phenoxy) is 2. The molecule has 0 unspecified atom stereocenters. The smallest absolute Gasteiger partial charge is 0.161 e. The molecule has 1 saturated carbocycles. The lowest BCUT2D eigenvalue weighted by Gasteiger charge is -2.23. The van der Waals surface area contributed by atoms with Crippen LogP contribution >= 0.6 is 23.2 Å². The van der Waals surface area contributed by atoms with Gasteiger partial charge in [0.05, 0.1) is 6.61 Å². The second kappa shape index (κ2) is 10.2. The maximum atomic E-state index is 6.23. The molecule has 5 heteroatoms. The molecule has 0 bridgehead atoms. The van der Waals surface area contributed by atoms with Crippen molar-refractivity contribution in [1.82, 2.24) is 5.32 Å². The topological polar surface area (TPSA) is 30.5 Å². The first-order valence-corrected chi connectivity index (χ1v) is 10.5. The molecule has 2 aromatic carbocycles. The molecule has 1 aliphatic rings. The molecule has 3 nitrogen and oxygen atoms in total. The summed E-state index contributed by atoms with van der Waals surface area (Å²) >= 11 is 12.5. The zero-order valence-corrected chi connectivity index (χ0v) is 17.3. The molecule has 146 valence electrons. The number of hydrogen-bond acceptors (Lipinski definition) is 3. The predicted octanol–water partition coefficient (Wildman–Crippen LogP) is 6.39. The van der Waals surface area contributed by atoms with Gasteiger partial charge in [0.1, 0.15) is 6.61 Å². The minimum Gasteiger partial charge on any atom is -0.490 e. The SMILES string of the molecule is CCOc1cc(CNC2CCCCC2)ccc1OCc1c(Cl)cccc1Cl. The van der Waals surface area contributed by atoms with Gasteiger partial charge >= 0.3 is 0 Å². The fourth-order valence-electron chi connectivity index (χ4n) is 3.44. The normalized spacial score (nSPS) is 14.9. The van der Waals surface area contributed by atoms with E-state index in [0.29, 0.717) is 35.1 Å². The van der Waals surface area contributed by atoms with E-state index in [-0.39, 0.29) is 0 Å². The van der Waals surface area contributed by atoms with Crippen LogP contribution in [-0.4, -0.2) is 12.6 Å². The molecule has 2 aromatic rings. The lowest BCUT2D eigenvalue weighted by atomic mass is 9.95. The average Bonchev–Trinajstić information content (AvgIpc) is 2.68.